The molecule has 0 spiro atoms. The molecule has 216 valence electrons. The molecule has 0 N–H and O–H groups in total. The lowest BCUT2D eigenvalue weighted by atomic mass is 9.50. The van der Waals surface area contributed by atoms with E-state index in [9.17, 15) is 0 Å². The molecule has 1 aliphatic heterocycles. The van der Waals surface area contributed by atoms with E-state index in [1.165, 1.54) is 65.3 Å². The van der Waals surface area contributed by atoms with Crippen LogP contribution in [-0.4, -0.2) is 4.57 Å². The molecule has 0 saturated carbocycles. The zero-order chi connectivity index (χ0) is 29.8. The third-order valence-corrected chi connectivity index (χ3v) is 12.5. The Hall–Kier alpha value is -4.34. The van der Waals surface area contributed by atoms with Crippen molar-refractivity contribution in [2.24, 2.45) is 5.41 Å². The van der Waals surface area contributed by atoms with E-state index in [2.05, 4.69) is 159 Å². The van der Waals surface area contributed by atoms with E-state index in [0.717, 1.165) is 12.8 Å². The van der Waals surface area contributed by atoms with E-state index >= 15 is 0 Å². The molecular weight excluding hydrogens is 553 g/mol. The van der Waals surface area contributed by atoms with Crippen LogP contribution in [-0.2, 0) is 17.4 Å². The quantitative estimate of drug-likeness (QED) is 0.200. The Bertz CT molecular complexity index is 2140. The fraction of sp³-hybridized carbons (Fsp3) is 0.220. The van der Waals surface area contributed by atoms with Crippen molar-refractivity contribution >= 4 is 43.7 Å². The van der Waals surface area contributed by atoms with Crippen LogP contribution in [0.25, 0.3) is 31.4 Å². The number of fused-ring (bicyclic) bond motifs is 9. The molecule has 3 heteroatoms. The van der Waals surface area contributed by atoms with Crippen molar-refractivity contribution < 1.29 is 0 Å². The predicted octanol–water partition coefficient (Wildman–Crippen LogP) is 11.1. The van der Waals surface area contributed by atoms with E-state index in [1.54, 1.807) is 0 Å². The Kier molecular flexibility index (Phi) is 5.26. The largest absolute Gasteiger partial charge is 0.333 e. The first-order valence-corrected chi connectivity index (χ1v) is 16.6. The highest BCUT2D eigenvalue weighted by Crippen LogP contribution is 2.66. The maximum Gasteiger partial charge on any atom is 0.0676 e. The number of allylic oxidation sites excluding steroid dienone is 3. The smallest absolute Gasteiger partial charge is 0.0676 e. The lowest BCUT2D eigenvalue weighted by Crippen LogP contribution is -2.57. The van der Waals surface area contributed by atoms with Crippen LogP contribution in [0.4, 0.5) is 11.4 Å². The fourth-order valence-corrected chi connectivity index (χ4v) is 10.1. The number of benzene rings is 4. The first-order chi connectivity index (χ1) is 21.3. The molecule has 9 rings (SSSR count). The number of rotatable bonds is 3. The molecule has 0 saturated heterocycles. The average molecular weight is 589 g/mol. The topological polar surface area (TPSA) is 8.17 Å². The van der Waals surface area contributed by atoms with Crippen LogP contribution in [0.1, 0.15) is 45.4 Å². The van der Waals surface area contributed by atoms with Gasteiger partial charge in [-0.3, -0.25) is 0 Å². The Morgan fingerprint density at radius 1 is 0.705 bits per heavy atom. The summed E-state index contributed by atoms with van der Waals surface area (Å²) in [6, 6.07) is 39.9. The lowest BCUT2D eigenvalue weighted by molar-refractivity contribution is 0.126. The summed E-state index contributed by atoms with van der Waals surface area (Å²) in [5.41, 5.74) is 10.7. The molecule has 2 unspecified atom stereocenters. The molecule has 2 atom stereocenters. The Labute approximate surface area is 263 Å². The zero-order valence-electron chi connectivity index (χ0n) is 25.8. The molecule has 0 radical (unpaired) electrons. The zero-order valence-corrected chi connectivity index (χ0v) is 26.6. The molecule has 2 aliphatic carbocycles. The first kappa shape index (κ1) is 26.1. The number of thiophene rings is 1. The summed E-state index contributed by atoms with van der Waals surface area (Å²) >= 11 is 1.99. The maximum atomic E-state index is 2.77. The van der Waals surface area contributed by atoms with Gasteiger partial charge in [0, 0.05) is 54.2 Å². The summed E-state index contributed by atoms with van der Waals surface area (Å²) in [4.78, 5) is 3.91. The molecule has 0 bridgehead atoms. The van der Waals surface area contributed by atoms with Crippen LogP contribution in [0.3, 0.4) is 0 Å². The van der Waals surface area contributed by atoms with Gasteiger partial charge < -0.3 is 9.47 Å². The average Bonchev–Trinajstić information content (AvgIpc) is 3.59. The van der Waals surface area contributed by atoms with Gasteiger partial charge in [0.2, 0.25) is 0 Å². The summed E-state index contributed by atoms with van der Waals surface area (Å²) < 4.78 is 4.17. The monoisotopic (exact) mass is 588 g/mol. The number of para-hydroxylation sites is 3. The molecule has 2 nitrogen and oxygen atoms in total. The predicted molar refractivity (Wildman–Crippen MR) is 187 cm³/mol. The van der Waals surface area contributed by atoms with Crippen molar-refractivity contribution in [1.82, 2.24) is 4.57 Å². The molecule has 2 aromatic heterocycles. The number of hydrogen-bond donors (Lipinski definition) is 0. The van der Waals surface area contributed by atoms with E-state index in [0.29, 0.717) is 0 Å². The van der Waals surface area contributed by atoms with Crippen molar-refractivity contribution in [2.45, 2.75) is 51.5 Å². The van der Waals surface area contributed by atoms with Crippen molar-refractivity contribution in [3.63, 3.8) is 0 Å². The minimum Gasteiger partial charge on any atom is -0.333 e. The minimum atomic E-state index is -0.174. The minimum absolute atomic E-state index is 0.0870. The second kappa shape index (κ2) is 8.86. The van der Waals surface area contributed by atoms with Gasteiger partial charge in [0.05, 0.1) is 5.54 Å². The number of hydrogen-bond acceptors (Lipinski definition) is 2. The van der Waals surface area contributed by atoms with Crippen LogP contribution in [0.2, 0.25) is 0 Å². The molecule has 44 heavy (non-hydrogen) atoms. The van der Waals surface area contributed by atoms with E-state index in [1.807, 2.05) is 11.3 Å². The van der Waals surface area contributed by atoms with Gasteiger partial charge in [-0.15, -0.1) is 11.3 Å². The molecule has 3 heterocycles. The van der Waals surface area contributed by atoms with Crippen molar-refractivity contribution in [2.75, 3.05) is 4.90 Å². The Balaban J connectivity index is 1.33. The van der Waals surface area contributed by atoms with Gasteiger partial charge in [0.1, 0.15) is 0 Å². The van der Waals surface area contributed by atoms with Gasteiger partial charge in [-0.1, -0.05) is 99.6 Å². The first-order valence-electron chi connectivity index (χ1n) is 15.8. The van der Waals surface area contributed by atoms with Crippen molar-refractivity contribution in [1.29, 1.82) is 0 Å². The summed E-state index contributed by atoms with van der Waals surface area (Å²) in [6.07, 6.45) is 7.01. The second-order valence-electron chi connectivity index (χ2n) is 13.8. The van der Waals surface area contributed by atoms with Crippen LogP contribution < -0.4 is 4.90 Å². The van der Waals surface area contributed by atoms with Crippen LogP contribution in [0.15, 0.2) is 133 Å². The second-order valence-corrected chi connectivity index (χ2v) is 14.8. The van der Waals surface area contributed by atoms with Crippen LogP contribution in [0, 0.1) is 5.41 Å². The summed E-state index contributed by atoms with van der Waals surface area (Å²) in [6.45, 7) is 10.1. The molecule has 0 amide bonds. The molecule has 3 aliphatic rings. The van der Waals surface area contributed by atoms with Gasteiger partial charge in [0.25, 0.3) is 0 Å². The maximum absolute atomic E-state index is 2.77. The highest BCUT2D eigenvalue weighted by molar-refractivity contribution is 7.22. The number of anilines is 2. The van der Waals surface area contributed by atoms with Crippen molar-refractivity contribution in [3.8, 4) is 10.4 Å². The van der Waals surface area contributed by atoms with Gasteiger partial charge in [0.15, 0.2) is 0 Å². The highest BCUT2D eigenvalue weighted by Gasteiger charge is 2.60. The third-order valence-electron chi connectivity index (χ3n) is 11.3. The number of aromatic nitrogens is 1. The Morgan fingerprint density at radius 3 is 2.02 bits per heavy atom. The molecule has 6 aromatic rings. The van der Waals surface area contributed by atoms with Gasteiger partial charge >= 0.3 is 0 Å². The summed E-state index contributed by atoms with van der Waals surface area (Å²) in [5, 5.41) is 2.82. The van der Waals surface area contributed by atoms with Gasteiger partial charge in [-0.05, 0) is 84.2 Å². The Morgan fingerprint density at radius 2 is 1.32 bits per heavy atom. The van der Waals surface area contributed by atoms with Gasteiger partial charge in [-0.2, -0.15) is 0 Å². The SMILES string of the molecule is CC12CC=C(N(c3ccccc3)c3ccccc3)C=C1C(C)(C)C1(C)Cc3c(sc4ccccc34)-c3c1n2c1ccccc31. The standard InChI is InChI=1S/C41H36N2S/c1-39(2)35-25-29(42(27-15-7-5-8-16-27)28-17-9-6-10-18-28)23-24-41(35,4)43-33-21-13-11-20-31(33)36-37-32(26-40(39,3)38(36)43)30-19-12-14-22-34(30)44-37/h5-23,25H,24,26H2,1-4H3. The molecule has 0 fully saturated rings. The van der Waals surface area contributed by atoms with Crippen molar-refractivity contribution in [3.05, 3.63) is 144 Å². The third kappa shape index (κ3) is 3.21. The highest BCUT2D eigenvalue weighted by atomic mass is 32.1. The van der Waals surface area contributed by atoms with Crippen LogP contribution in [0.5, 0.6) is 0 Å². The molecular formula is C41H36N2S. The summed E-state index contributed by atoms with van der Waals surface area (Å²) in [7, 11) is 0. The van der Waals surface area contributed by atoms with E-state index in [4.69, 9.17) is 0 Å². The number of nitrogens with zero attached hydrogens (tertiary/aromatic N) is 2. The van der Waals surface area contributed by atoms with E-state index < -0.39 is 0 Å². The normalized spacial score (nSPS) is 23.0. The lowest BCUT2D eigenvalue weighted by Gasteiger charge is -2.59. The molecule has 4 aromatic carbocycles. The summed E-state index contributed by atoms with van der Waals surface area (Å²) in [5.74, 6) is 0. The van der Waals surface area contributed by atoms with Gasteiger partial charge in [-0.25, -0.2) is 0 Å². The van der Waals surface area contributed by atoms with E-state index in [-0.39, 0.29) is 16.4 Å². The van der Waals surface area contributed by atoms with Crippen LogP contribution >= 0.6 is 11.3 Å². The fourth-order valence-electron chi connectivity index (χ4n) is 8.83.